The van der Waals surface area contributed by atoms with E-state index >= 15 is 0 Å². The Labute approximate surface area is 114 Å². The lowest BCUT2D eigenvalue weighted by molar-refractivity contribution is -0.158. The summed E-state index contributed by atoms with van der Waals surface area (Å²) in [5, 5.41) is 9.56. The van der Waals surface area contributed by atoms with Crippen LogP contribution in [-0.2, 0) is 19.1 Å². The molecule has 0 radical (unpaired) electrons. The third kappa shape index (κ3) is 7.62. The standard InChI is InChI=1S/C14H24O5/c1-9(2)13(17)18-8-11(15)7-12(16)19-10(3)14(4,5)6/h10-11,15H,1,7-8H2,2-6H3. The minimum Gasteiger partial charge on any atom is -0.462 e. The van der Waals surface area contributed by atoms with E-state index in [1.54, 1.807) is 6.92 Å². The summed E-state index contributed by atoms with van der Waals surface area (Å²) in [6.07, 6.45) is -1.53. The third-order valence-corrected chi connectivity index (χ3v) is 2.69. The van der Waals surface area contributed by atoms with Crippen molar-refractivity contribution in [1.29, 1.82) is 0 Å². The Balaban J connectivity index is 4.07. The first-order valence-electron chi connectivity index (χ1n) is 6.24. The van der Waals surface area contributed by atoms with E-state index in [0.29, 0.717) is 0 Å². The monoisotopic (exact) mass is 272 g/mol. The highest BCUT2D eigenvalue weighted by Gasteiger charge is 2.25. The summed E-state index contributed by atoms with van der Waals surface area (Å²) < 4.78 is 9.92. The molecule has 0 spiro atoms. The number of carbonyl (C=O) groups is 2. The summed E-state index contributed by atoms with van der Waals surface area (Å²) in [5.41, 5.74) is 0.0867. The molecule has 0 aromatic carbocycles. The van der Waals surface area contributed by atoms with Gasteiger partial charge in [-0.25, -0.2) is 4.79 Å². The molecule has 5 nitrogen and oxygen atoms in total. The van der Waals surface area contributed by atoms with Crippen LogP contribution in [0, 0.1) is 5.41 Å². The van der Waals surface area contributed by atoms with E-state index in [9.17, 15) is 14.7 Å². The summed E-state index contributed by atoms with van der Waals surface area (Å²) in [5.74, 6) is -1.10. The largest absolute Gasteiger partial charge is 0.462 e. The highest BCUT2D eigenvalue weighted by molar-refractivity contribution is 5.86. The maximum Gasteiger partial charge on any atom is 0.333 e. The lowest BCUT2D eigenvalue weighted by atomic mass is 9.90. The lowest BCUT2D eigenvalue weighted by Gasteiger charge is -2.27. The molecule has 0 heterocycles. The fourth-order valence-electron chi connectivity index (χ4n) is 0.968. The molecule has 2 atom stereocenters. The van der Waals surface area contributed by atoms with Crippen molar-refractivity contribution in [2.24, 2.45) is 5.41 Å². The molecule has 0 saturated carbocycles. The minimum absolute atomic E-state index is 0.160. The SMILES string of the molecule is C=C(C)C(=O)OCC(O)CC(=O)OC(C)C(C)(C)C. The third-order valence-electron chi connectivity index (χ3n) is 2.69. The van der Waals surface area contributed by atoms with Crippen LogP contribution in [0.25, 0.3) is 0 Å². The number of hydrogen-bond donors (Lipinski definition) is 1. The smallest absolute Gasteiger partial charge is 0.333 e. The Morgan fingerprint density at radius 1 is 1.32 bits per heavy atom. The highest BCUT2D eigenvalue weighted by Crippen LogP contribution is 2.22. The summed E-state index contributed by atoms with van der Waals surface area (Å²) in [6.45, 7) is 12.3. The van der Waals surface area contributed by atoms with Crippen molar-refractivity contribution in [3.8, 4) is 0 Å². The van der Waals surface area contributed by atoms with E-state index in [4.69, 9.17) is 9.47 Å². The molecular formula is C14H24O5. The Morgan fingerprint density at radius 2 is 1.84 bits per heavy atom. The van der Waals surface area contributed by atoms with Crippen molar-refractivity contribution >= 4 is 11.9 Å². The quantitative estimate of drug-likeness (QED) is 0.590. The van der Waals surface area contributed by atoms with Crippen LogP contribution in [0.1, 0.15) is 41.0 Å². The molecule has 2 unspecified atom stereocenters. The second-order valence-electron chi connectivity index (χ2n) is 5.73. The van der Waals surface area contributed by atoms with Crippen molar-refractivity contribution in [3.63, 3.8) is 0 Å². The van der Waals surface area contributed by atoms with Gasteiger partial charge < -0.3 is 14.6 Å². The van der Waals surface area contributed by atoms with Gasteiger partial charge in [0.15, 0.2) is 0 Å². The fraction of sp³-hybridized carbons (Fsp3) is 0.714. The van der Waals surface area contributed by atoms with Crippen LogP contribution in [-0.4, -0.2) is 35.9 Å². The number of esters is 2. The van der Waals surface area contributed by atoms with Gasteiger partial charge in [0.05, 0.1) is 12.5 Å². The van der Waals surface area contributed by atoms with Gasteiger partial charge in [-0.15, -0.1) is 0 Å². The van der Waals surface area contributed by atoms with Gasteiger partial charge in [0.2, 0.25) is 0 Å². The van der Waals surface area contributed by atoms with Crippen LogP contribution in [0.3, 0.4) is 0 Å². The van der Waals surface area contributed by atoms with E-state index in [1.807, 2.05) is 20.8 Å². The first-order chi connectivity index (χ1) is 8.54. The first-order valence-corrected chi connectivity index (χ1v) is 6.24. The summed E-state index contributed by atoms with van der Waals surface area (Å²) >= 11 is 0. The van der Waals surface area contributed by atoms with Gasteiger partial charge in [0.1, 0.15) is 12.7 Å². The Kier molecular flexibility index (Phi) is 6.76. The number of hydrogen-bond acceptors (Lipinski definition) is 5. The Hall–Kier alpha value is -1.36. The maximum absolute atomic E-state index is 11.5. The molecular weight excluding hydrogens is 248 g/mol. The van der Waals surface area contributed by atoms with Crippen LogP contribution in [0.4, 0.5) is 0 Å². The van der Waals surface area contributed by atoms with Crippen LogP contribution < -0.4 is 0 Å². The van der Waals surface area contributed by atoms with E-state index < -0.39 is 18.0 Å². The molecule has 1 N–H and O–H groups in total. The van der Waals surface area contributed by atoms with Gasteiger partial charge >= 0.3 is 11.9 Å². The van der Waals surface area contributed by atoms with E-state index in [1.165, 1.54) is 6.92 Å². The van der Waals surface area contributed by atoms with E-state index in [2.05, 4.69) is 6.58 Å². The van der Waals surface area contributed by atoms with Crippen molar-refractivity contribution in [3.05, 3.63) is 12.2 Å². The van der Waals surface area contributed by atoms with Gasteiger partial charge in [-0.2, -0.15) is 0 Å². The van der Waals surface area contributed by atoms with E-state index in [0.717, 1.165) is 0 Å². The number of rotatable bonds is 6. The predicted octanol–water partition coefficient (Wildman–Crippen LogP) is 1.83. The van der Waals surface area contributed by atoms with Crippen molar-refractivity contribution in [2.75, 3.05) is 6.61 Å². The molecule has 0 aromatic heterocycles. The first kappa shape index (κ1) is 17.6. The summed E-state index contributed by atoms with van der Waals surface area (Å²) in [7, 11) is 0. The van der Waals surface area contributed by atoms with Crippen molar-refractivity contribution in [1.82, 2.24) is 0 Å². The molecule has 0 bridgehead atoms. The molecule has 110 valence electrons. The number of aliphatic hydroxyl groups excluding tert-OH is 1. The molecule has 0 aliphatic carbocycles. The molecule has 0 aliphatic rings. The average Bonchev–Trinajstić information content (AvgIpc) is 2.23. The minimum atomic E-state index is -1.07. The fourth-order valence-corrected chi connectivity index (χ4v) is 0.968. The molecule has 0 aromatic rings. The maximum atomic E-state index is 11.5. The van der Waals surface area contributed by atoms with Gasteiger partial charge in [-0.05, 0) is 19.3 Å². The van der Waals surface area contributed by atoms with Gasteiger partial charge in [0.25, 0.3) is 0 Å². The van der Waals surface area contributed by atoms with Crippen LogP contribution in [0.5, 0.6) is 0 Å². The highest BCUT2D eigenvalue weighted by atomic mass is 16.6. The summed E-state index contributed by atoms with van der Waals surface area (Å²) in [4.78, 5) is 22.6. The molecule has 0 fully saturated rings. The van der Waals surface area contributed by atoms with E-state index in [-0.39, 0.29) is 30.1 Å². The van der Waals surface area contributed by atoms with Gasteiger partial charge in [-0.3, -0.25) is 4.79 Å². The number of carbonyl (C=O) groups excluding carboxylic acids is 2. The van der Waals surface area contributed by atoms with Crippen LogP contribution >= 0.6 is 0 Å². The van der Waals surface area contributed by atoms with Gasteiger partial charge in [0, 0.05) is 5.57 Å². The second-order valence-corrected chi connectivity index (χ2v) is 5.73. The topological polar surface area (TPSA) is 72.8 Å². The molecule has 0 saturated heterocycles. The molecule has 5 heteroatoms. The Bertz CT molecular complexity index is 340. The molecule has 19 heavy (non-hydrogen) atoms. The van der Waals surface area contributed by atoms with Crippen molar-refractivity contribution in [2.45, 2.75) is 53.2 Å². The number of ether oxygens (including phenoxy) is 2. The summed E-state index contributed by atoms with van der Waals surface area (Å²) in [6, 6.07) is 0. The Morgan fingerprint density at radius 3 is 2.26 bits per heavy atom. The molecule has 0 aliphatic heterocycles. The average molecular weight is 272 g/mol. The van der Waals surface area contributed by atoms with Crippen LogP contribution in [0.15, 0.2) is 12.2 Å². The van der Waals surface area contributed by atoms with Crippen molar-refractivity contribution < 1.29 is 24.2 Å². The predicted molar refractivity (Wildman–Crippen MR) is 71.4 cm³/mol. The zero-order valence-electron chi connectivity index (χ0n) is 12.4. The number of aliphatic hydroxyl groups is 1. The van der Waals surface area contributed by atoms with Gasteiger partial charge in [-0.1, -0.05) is 27.4 Å². The normalized spacial score (nSPS) is 14.4. The second kappa shape index (κ2) is 7.28. The molecule has 0 amide bonds. The zero-order chi connectivity index (χ0) is 15.2. The van der Waals surface area contributed by atoms with Crippen LogP contribution in [0.2, 0.25) is 0 Å². The molecule has 0 rings (SSSR count). The lowest BCUT2D eigenvalue weighted by Crippen LogP contribution is -2.31. The zero-order valence-corrected chi connectivity index (χ0v) is 12.4.